The quantitative estimate of drug-likeness (QED) is 0.865. The number of imidazole rings is 1. The molecule has 2 N–H and O–H groups in total. The molecule has 1 heterocycles. The molecule has 0 radical (unpaired) electrons. The average molecular weight is 282 g/mol. The Labute approximate surface area is 117 Å². The molecule has 2 aromatic rings. The van der Waals surface area contributed by atoms with Crippen molar-refractivity contribution in [3.63, 3.8) is 0 Å². The highest BCUT2D eigenvalue weighted by molar-refractivity contribution is 6.30. The predicted octanol–water partition coefficient (Wildman–Crippen LogP) is 3.76. The average Bonchev–Trinajstić information content (AvgIpc) is 2.59. The van der Waals surface area contributed by atoms with Gasteiger partial charge in [-0.05, 0) is 18.2 Å². The van der Waals surface area contributed by atoms with Crippen molar-refractivity contribution < 1.29 is 4.39 Å². The van der Waals surface area contributed by atoms with Crippen LogP contribution in [0.5, 0.6) is 0 Å². The number of aromatic nitrogens is 2. The highest BCUT2D eigenvalue weighted by Crippen LogP contribution is 2.33. The number of nitrogens with zero attached hydrogens (tertiary/aromatic N) is 2. The van der Waals surface area contributed by atoms with Crippen molar-refractivity contribution in [2.75, 3.05) is 5.73 Å². The van der Waals surface area contributed by atoms with E-state index in [-0.39, 0.29) is 11.2 Å². The summed E-state index contributed by atoms with van der Waals surface area (Å²) in [5.74, 6) is 0.861. The van der Waals surface area contributed by atoms with Gasteiger partial charge < -0.3 is 10.3 Å². The van der Waals surface area contributed by atoms with Crippen LogP contribution in [-0.2, 0) is 12.5 Å². The summed E-state index contributed by atoms with van der Waals surface area (Å²) < 4.78 is 15.7. The monoisotopic (exact) mass is 281 g/mol. The fourth-order valence-electron chi connectivity index (χ4n) is 2.06. The molecule has 0 bridgehead atoms. The number of nitrogens with two attached hydrogens (primary N) is 1. The zero-order valence-corrected chi connectivity index (χ0v) is 12.2. The van der Waals surface area contributed by atoms with Crippen molar-refractivity contribution in [3.8, 4) is 11.3 Å². The third-order valence-corrected chi connectivity index (χ3v) is 3.23. The summed E-state index contributed by atoms with van der Waals surface area (Å²) in [6, 6.07) is 4.37. The Morgan fingerprint density at radius 2 is 1.95 bits per heavy atom. The van der Waals surface area contributed by atoms with E-state index in [1.54, 1.807) is 10.6 Å². The van der Waals surface area contributed by atoms with Crippen LogP contribution in [0.4, 0.5) is 10.2 Å². The highest BCUT2D eigenvalue weighted by atomic mass is 35.5. The molecule has 0 fully saturated rings. The summed E-state index contributed by atoms with van der Waals surface area (Å²) in [6.07, 6.45) is 0. The molecule has 1 aromatic carbocycles. The molecule has 102 valence electrons. The van der Waals surface area contributed by atoms with Crippen LogP contribution in [0.15, 0.2) is 18.2 Å². The van der Waals surface area contributed by atoms with Gasteiger partial charge in [-0.2, -0.15) is 0 Å². The van der Waals surface area contributed by atoms with Gasteiger partial charge in [-0.25, -0.2) is 9.37 Å². The first-order valence-electron chi connectivity index (χ1n) is 6.00. The molecule has 0 amide bonds. The van der Waals surface area contributed by atoms with Gasteiger partial charge in [-0.15, -0.1) is 0 Å². The first-order valence-corrected chi connectivity index (χ1v) is 6.37. The summed E-state index contributed by atoms with van der Waals surface area (Å²) in [6.45, 7) is 6.10. The summed E-state index contributed by atoms with van der Waals surface area (Å²) in [5.41, 5.74) is 6.64. The standard InChI is InChI=1S/C14H17ClFN3/c1-14(2,3)13-18-11(12(17)19(13)4)9-7-8(15)5-6-10(9)16/h5-7H,17H2,1-4H3. The van der Waals surface area contributed by atoms with E-state index in [0.717, 1.165) is 5.82 Å². The third kappa shape index (κ3) is 2.45. The van der Waals surface area contributed by atoms with Crippen LogP contribution in [0.1, 0.15) is 26.6 Å². The van der Waals surface area contributed by atoms with Gasteiger partial charge in [0.2, 0.25) is 0 Å². The van der Waals surface area contributed by atoms with Gasteiger partial charge in [0.25, 0.3) is 0 Å². The zero-order chi connectivity index (χ0) is 14.4. The first-order chi connectivity index (χ1) is 8.71. The van der Waals surface area contributed by atoms with Gasteiger partial charge in [-0.3, -0.25) is 0 Å². The number of halogens is 2. The molecule has 0 saturated carbocycles. The second-order valence-corrected chi connectivity index (χ2v) is 6.04. The topological polar surface area (TPSA) is 43.8 Å². The zero-order valence-electron chi connectivity index (χ0n) is 11.5. The van der Waals surface area contributed by atoms with E-state index in [1.807, 2.05) is 27.8 Å². The largest absolute Gasteiger partial charge is 0.383 e. The lowest BCUT2D eigenvalue weighted by Crippen LogP contribution is -2.17. The van der Waals surface area contributed by atoms with Crippen LogP contribution in [0, 0.1) is 5.82 Å². The Bertz CT molecular complexity index is 626. The lowest BCUT2D eigenvalue weighted by molar-refractivity contribution is 0.524. The number of benzene rings is 1. The lowest BCUT2D eigenvalue weighted by atomic mass is 9.96. The molecule has 5 heteroatoms. The van der Waals surface area contributed by atoms with Crippen LogP contribution in [0.25, 0.3) is 11.3 Å². The number of hydrogen-bond donors (Lipinski definition) is 1. The van der Waals surface area contributed by atoms with E-state index in [1.165, 1.54) is 12.1 Å². The van der Waals surface area contributed by atoms with Gasteiger partial charge in [0.15, 0.2) is 0 Å². The van der Waals surface area contributed by atoms with Gasteiger partial charge in [0, 0.05) is 23.0 Å². The Balaban J connectivity index is 2.67. The Morgan fingerprint density at radius 3 is 2.47 bits per heavy atom. The van der Waals surface area contributed by atoms with Crippen molar-refractivity contribution in [1.29, 1.82) is 0 Å². The third-order valence-electron chi connectivity index (χ3n) is 2.99. The minimum Gasteiger partial charge on any atom is -0.383 e. The minimum atomic E-state index is -0.380. The smallest absolute Gasteiger partial charge is 0.132 e. The summed E-state index contributed by atoms with van der Waals surface area (Å²) in [4.78, 5) is 4.49. The van der Waals surface area contributed by atoms with E-state index < -0.39 is 0 Å². The van der Waals surface area contributed by atoms with Crippen LogP contribution in [-0.4, -0.2) is 9.55 Å². The maximum Gasteiger partial charge on any atom is 0.132 e. The fourth-order valence-corrected chi connectivity index (χ4v) is 2.23. The molecule has 0 spiro atoms. The molecule has 0 atom stereocenters. The second-order valence-electron chi connectivity index (χ2n) is 5.60. The summed E-state index contributed by atoms with van der Waals surface area (Å²) in [7, 11) is 1.83. The van der Waals surface area contributed by atoms with Gasteiger partial charge in [0.05, 0.1) is 0 Å². The molecular weight excluding hydrogens is 265 g/mol. The Kier molecular flexibility index (Phi) is 3.31. The summed E-state index contributed by atoms with van der Waals surface area (Å²) in [5, 5.41) is 0.457. The molecule has 2 rings (SSSR count). The van der Waals surface area contributed by atoms with Crippen molar-refractivity contribution in [2.24, 2.45) is 7.05 Å². The van der Waals surface area contributed by atoms with E-state index in [4.69, 9.17) is 17.3 Å². The van der Waals surface area contributed by atoms with Gasteiger partial charge >= 0.3 is 0 Å². The molecular formula is C14H17ClFN3. The highest BCUT2D eigenvalue weighted by Gasteiger charge is 2.24. The van der Waals surface area contributed by atoms with Crippen LogP contribution >= 0.6 is 11.6 Å². The maximum atomic E-state index is 13.9. The Hall–Kier alpha value is -1.55. The van der Waals surface area contributed by atoms with Crippen molar-refractivity contribution in [3.05, 3.63) is 34.9 Å². The molecule has 0 saturated heterocycles. The van der Waals surface area contributed by atoms with Crippen molar-refractivity contribution in [1.82, 2.24) is 9.55 Å². The molecule has 0 aliphatic carbocycles. The lowest BCUT2D eigenvalue weighted by Gasteiger charge is -2.17. The van der Waals surface area contributed by atoms with Crippen molar-refractivity contribution in [2.45, 2.75) is 26.2 Å². The van der Waals surface area contributed by atoms with E-state index in [2.05, 4.69) is 4.98 Å². The SMILES string of the molecule is Cn1c(C(C)(C)C)nc(-c2cc(Cl)ccc2F)c1N. The number of hydrogen-bond acceptors (Lipinski definition) is 2. The van der Waals surface area contributed by atoms with E-state index >= 15 is 0 Å². The van der Waals surface area contributed by atoms with Gasteiger partial charge in [-0.1, -0.05) is 32.4 Å². The van der Waals surface area contributed by atoms with Crippen LogP contribution < -0.4 is 5.73 Å². The predicted molar refractivity (Wildman–Crippen MR) is 76.7 cm³/mol. The molecule has 0 aliphatic heterocycles. The van der Waals surface area contributed by atoms with E-state index in [9.17, 15) is 4.39 Å². The minimum absolute atomic E-state index is 0.170. The second kappa shape index (κ2) is 4.53. The van der Waals surface area contributed by atoms with Gasteiger partial charge in [0.1, 0.15) is 23.2 Å². The normalized spacial score (nSPS) is 11.9. The first kappa shape index (κ1) is 13.9. The van der Waals surface area contributed by atoms with E-state index in [0.29, 0.717) is 22.1 Å². The molecule has 0 aliphatic rings. The number of rotatable bonds is 1. The van der Waals surface area contributed by atoms with Crippen LogP contribution in [0.2, 0.25) is 5.02 Å². The number of nitrogen functional groups attached to an aromatic ring is 1. The maximum absolute atomic E-state index is 13.9. The van der Waals surface area contributed by atoms with Crippen LogP contribution in [0.3, 0.4) is 0 Å². The Morgan fingerprint density at radius 1 is 1.32 bits per heavy atom. The molecule has 19 heavy (non-hydrogen) atoms. The fraction of sp³-hybridized carbons (Fsp3) is 0.357. The number of anilines is 1. The molecule has 0 unspecified atom stereocenters. The summed E-state index contributed by atoms with van der Waals surface area (Å²) >= 11 is 5.91. The molecule has 1 aromatic heterocycles. The molecule has 3 nitrogen and oxygen atoms in total. The van der Waals surface area contributed by atoms with Crippen molar-refractivity contribution >= 4 is 17.4 Å².